The van der Waals surface area contributed by atoms with Crippen LogP contribution in [0.4, 0.5) is 5.69 Å². The molecule has 2 heterocycles. The van der Waals surface area contributed by atoms with E-state index in [2.05, 4.69) is 15.0 Å². The number of methoxy groups -OCH3 is 1. The molecule has 1 aliphatic rings. The van der Waals surface area contributed by atoms with Gasteiger partial charge in [-0.1, -0.05) is 17.3 Å². The quantitative estimate of drug-likeness (QED) is 0.712. The number of ether oxygens (including phenoxy) is 1. The molecule has 1 aliphatic carbocycles. The molecule has 4 rings (SSSR count). The first-order chi connectivity index (χ1) is 12.5. The second-order valence-electron chi connectivity index (χ2n) is 6.18. The van der Waals surface area contributed by atoms with Crippen LogP contribution in [0.25, 0.3) is 5.69 Å². The number of rotatable bonds is 6. The van der Waals surface area contributed by atoms with Gasteiger partial charge in [0.15, 0.2) is 5.76 Å². The van der Waals surface area contributed by atoms with Crippen LogP contribution in [-0.2, 0) is 10.0 Å². The smallest absolute Gasteiger partial charge is 0.265 e. The van der Waals surface area contributed by atoms with Gasteiger partial charge in [-0.3, -0.25) is 4.72 Å². The van der Waals surface area contributed by atoms with Crippen molar-refractivity contribution in [1.82, 2.24) is 14.9 Å². The third-order valence-electron chi connectivity index (χ3n) is 4.27. The number of nitrogens with zero attached hydrogens (tertiary/aromatic N) is 3. The molecule has 0 bridgehead atoms. The van der Waals surface area contributed by atoms with Crippen molar-refractivity contribution in [3.8, 4) is 11.4 Å². The van der Waals surface area contributed by atoms with Crippen molar-refractivity contribution < 1.29 is 17.7 Å². The molecule has 0 unspecified atom stereocenters. The van der Waals surface area contributed by atoms with Gasteiger partial charge in [-0.25, -0.2) is 13.1 Å². The average molecular weight is 374 g/mol. The zero-order chi connectivity index (χ0) is 18.3. The summed E-state index contributed by atoms with van der Waals surface area (Å²) in [6, 6.07) is 7.24. The standard InChI is InChI=1S/C17H18N4O4S/c1-11-16(17(25-19-11)12-7-8-12)20-26(22,23)13-9-18-21(10-13)14-5-3-4-6-15(14)24-2/h3-6,9-10,12,20H,7-8H2,1-2H3. The lowest BCUT2D eigenvalue weighted by Crippen LogP contribution is -2.13. The minimum absolute atomic E-state index is 0.0470. The Balaban J connectivity index is 1.66. The molecule has 0 amide bonds. The van der Waals surface area contributed by atoms with Gasteiger partial charge in [0.05, 0.1) is 19.5 Å². The van der Waals surface area contributed by atoms with E-state index in [0.29, 0.717) is 28.6 Å². The Morgan fingerprint density at radius 2 is 2.08 bits per heavy atom. The number of nitrogens with one attached hydrogen (secondary N) is 1. The normalized spacial score (nSPS) is 14.4. The molecule has 1 fully saturated rings. The van der Waals surface area contributed by atoms with Crippen LogP contribution in [0.15, 0.2) is 46.1 Å². The van der Waals surface area contributed by atoms with Gasteiger partial charge >= 0.3 is 0 Å². The van der Waals surface area contributed by atoms with Crippen LogP contribution >= 0.6 is 0 Å². The second kappa shape index (κ2) is 6.17. The molecule has 1 aromatic carbocycles. The van der Waals surface area contributed by atoms with Crippen LogP contribution < -0.4 is 9.46 Å². The van der Waals surface area contributed by atoms with Gasteiger partial charge in [-0.15, -0.1) is 0 Å². The number of hydrogen-bond donors (Lipinski definition) is 1. The fourth-order valence-electron chi connectivity index (χ4n) is 2.72. The van der Waals surface area contributed by atoms with Gasteiger partial charge in [0.2, 0.25) is 0 Å². The summed E-state index contributed by atoms with van der Waals surface area (Å²) in [5.41, 5.74) is 1.60. The Bertz CT molecular complexity index is 1050. The summed E-state index contributed by atoms with van der Waals surface area (Å²) >= 11 is 0. The van der Waals surface area contributed by atoms with E-state index in [4.69, 9.17) is 9.26 Å². The first-order valence-electron chi connectivity index (χ1n) is 8.16. The number of para-hydroxylation sites is 2. The van der Waals surface area contributed by atoms with E-state index >= 15 is 0 Å². The topological polar surface area (TPSA) is 99.2 Å². The third kappa shape index (κ3) is 2.94. The van der Waals surface area contributed by atoms with Gasteiger partial charge < -0.3 is 9.26 Å². The first-order valence-corrected chi connectivity index (χ1v) is 9.65. The summed E-state index contributed by atoms with van der Waals surface area (Å²) in [6.07, 6.45) is 4.71. The maximum atomic E-state index is 12.8. The SMILES string of the molecule is COc1ccccc1-n1cc(S(=O)(=O)Nc2c(C)noc2C2CC2)cn1. The Kier molecular flexibility index (Phi) is 3.95. The van der Waals surface area contributed by atoms with Crippen LogP contribution in [0.2, 0.25) is 0 Å². The molecule has 0 spiro atoms. The summed E-state index contributed by atoms with van der Waals surface area (Å²) in [6.45, 7) is 1.71. The number of sulfonamides is 1. The first kappa shape index (κ1) is 16.6. The highest BCUT2D eigenvalue weighted by molar-refractivity contribution is 7.92. The van der Waals surface area contributed by atoms with Crippen LogP contribution in [0.5, 0.6) is 5.75 Å². The summed E-state index contributed by atoms with van der Waals surface area (Å²) in [4.78, 5) is 0.0470. The van der Waals surface area contributed by atoms with Crippen LogP contribution in [0.1, 0.15) is 30.2 Å². The molecule has 2 aromatic heterocycles. The van der Waals surface area contributed by atoms with E-state index in [9.17, 15) is 8.42 Å². The van der Waals surface area contributed by atoms with E-state index in [1.165, 1.54) is 17.1 Å². The van der Waals surface area contributed by atoms with Gasteiger partial charge in [0.1, 0.15) is 27.7 Å². The van der Waals surface area contributed by atoms with Gasteiger partial charge in [-0.05, 0) is 31.9 Å². The highest BCUT2D eigenvalue weighted by Gasteiger charge is 2.33. The van der Waals surface area contributed by atoms with E-state index in [1.807, 2.05) is 12.1 Å². The molecular formula is C17H18N4O4S. The highest BCUT2D eigenvalue weighted by Crippen LogP contribution is 2.44. The maximum absolute atomic E-state index is 12.8. The Labute approximate surface area is 150 Å². The zero-order valence-electron chi connectivity index (χ0n) is 14.3. The Hall–Kier alpha value is -2.81. The molecule has 8 nitrogen and oxygen atoms in total. The van der Waals surface area contributed by atoms with Gasteiger partial charge in [-0.2, -0.15) is 5.10 Å². The van der Waals surface area contributed by atoms with Crippen LogP contribution in [0, 0.1) is 6.92 Å². The summed E-state index contributed by atoms with van der Waals surface area (Å²) in [5, 5.41) is 8.05. The number of hydrogen-bond acceptors (Lipinski definition) is 6. The summed E-state index contributed by atoms with van der Waals surface area (Å²) < 4.78 is 40.2. The van der Waals surface area contributed by atoms with Crippen molar-refractivity contribution in [3.63, 3.8) is 0 Å². The van der Waals surface area contributed by atoms with Gasteiger partial charge in [0, 0.05) is 5.92 Å². The van der Waals surface area contributed by atoms with Crippen LogP contribution in [0.3, 0.4) is 0 Å². The molecule has 0 saturated heterocycles. The third-order valence-corrected chi connectivity index (χ3v) is 5.58. The predicted molar refractivity (Wildman–Crippen MR) is 94.1 cm³/mol. The van der Waals surface area contributed by atoms with E-state index in [-0.39, 0.29) is 10.8 Å². The van der Waals surface area contributed by atoms with Crippen molar-refractivity contribution >= 4 is 15.7 Å². The summed E-state index contributed by atoms with van der Waals surface area (Å²) in [7, 11) is -2.26. The molecule has 3 aromatic rings. The van der Waals surface area contributed by atoms with Crippen molar-refractivity contribution in [2.45, 2.75) is 30.6 Å². The molecule has 136 valence electrons. The van der Waals surface area contributed by atoms with Crippen molar-refractivity contribution in [1.29, 1.82) is 0 Å². The largest absolute Gasteiger partial charge is 0.494 e. The fourth-order valence-corrected chi connectivity index (χ4v) is 3.78. The molecular weight excluding hydrogens is 356 g/mol. The number of aromatic nitrogens is 3. The fraction of sp³-hybridized carbons (Fsp3) is 0.294. The average Bonchev–Trinajstić information content (AvgIpc) is 3.23. The minimum atomic E-state index is -3.81. The van der Waals surface area contributed by atoms with Gasteiger partial charge in [0.25, 0.3) is 10.0 Å². The monoisotopic (exact) mass is 374 g/mol. The molecule has 1 N–H and O–H groups in total. The van der Waals surface area contributed by atoms with E-state index in [1.54, 1.807) is 26.2 Å². The van der Waals surface area contributed by atoms with Crippen molar-refractivity contribution in [3.05, 3.63) is 48.1 Å². The van der Waals surface area contributed by atoms with E-state index in [0.717, 1.165) is 12.8 Å². The molecule has 0 radical (unpaired) electrons. The lowest BCUT2D eigenvalue weighted by molar-refractivity contribution is 0.381. The van der Waals surface area contributed by atoms with Crippen LogP contribution in [-0.4, -0.2) is 30.5 Å². The van der Waals surface area contributed by atoms with Crippen molar-refractivity contribution in [2.24, 2.45) is 0 Å². The summed E-state index contributed by atoms with van der Waals surface area (Å²) in [5.74, 6) is 1.44. The number of aryl methyl sites for hydroxylation is 1. The predicted octanol–water partition coefficient (Wildman–Crippen LogP) is 2.86. The molecule has 0 atom stereocenters. The lowest BCUT2D eigenvalue weighted by Gasteiger charge is -2.08. The number of anilines is 1. The second-order valence-corrected chi connectivity index (χ2v) is 7.86. The zero-order valence-corrected chi connectivity index (χ0v) is 15.2. The van der Waals surface area contributed by atoms with E-state index < -0.39 is 10.0 Å². The molecule has 26 heavy (non-hydrogen) atoms. The molecule has 9 heteroatoms. The van der Waals surface area contributed by atoms with Crippen molar-refractivity contribution in [2.75, 3.05) is 11.8 Å². The Morgan fingerprint density at radius 1 is 1.31 bits per heavy atom. The lowest BCUT2D eigenvalue weighted by atomic mass is 10.2. The molecule has 1 saturated carbocycles. The minimum Gasteiger partial charge on any atom is -0.494 e. The maximum Gasteiger partial charge on any atom is 0.265 e. The highest BCUT2D eigenvalue weighted by atomic mass is 32.2. The molecule has 0 aliphatic heterocycles. The Morgan fingerprint density at radius 3 is 2.81 bits per heavy atom. The number of benzene rings is 1.